The van der Waals surface area contributed by atoms with Gasteiger partial charge in [-0.15, -0.1) is 0 Å². The first-order valence-electron chi connectivity index (χ1n) is 7.28. The maximum Gasteiger partial charge on any atom is 0.0897 e. The maximum atomic E-state index is 9.85. The molecule has 4 atom stereocenters. The Morgan fingerprint density at radius 1 is 1.32 bits per heavy atom. The van der Waals surface area contributed by atoms with Crippen molar-refractivity contribution >= 4 is 0 Å². The number of aliphatic hydroxyl groups is 2. The Hall–Kier alpha value is -0.200. The van der Waals surface area contributed by atoms with E-state index in [1.54, 1.807) is 7.11 Å². The number of nitrogens with one attached hydrogen (secondary N) is 1. The number of methoxy groups -OCH3 is 1. The Bertz CT molecular complexity index is 227. The highest BCUT2D eigenvalue weighted by Crippen LogP contribution is 2.25. The second-order valence-electron chi connectivity index (χ2n) is 5.62. The van der Waals surface area contributed by atoms with Crippen molar-refractivity contribution in [3.05, 3.63) is 0 Å². The molecule has 3 N–H and O–H groups in total. The predicted octanol–water partition coefficient (Wildman–Crippen LogP) is 0.540. The van der Waals surface area contributed by atoms with E-state index >= 15 is 0 Å². The minimum Gasteiger partial charge on any atom is -0.395 e. The average Bonchev–Trinajstić information content (AvgIpc) is 2.41. The van der Waals surface area contributed by atoms with Crippen molar-refractivity contribution in [3.63, 3.8) is 0 Å². The van der Waals surface area contributed by atoms with Crippen molar-refractivity contribution in [2.45, 2.75) is 50.9 Å². The summed E-state index contributed by atoms with van der Waals surface area (Å²) < 4.78 is 10.7. The number of hydrogen-bond acceptors (Lipinski definition) is 5. The minimum atomic E-state index is -0.539. The van der Waals surface area contributed by atoms with Crippen molar-refractivity contribution in [1.29, 1.82) is 0 Å². The first kappa shape index (κ1) is 16.9. The van der Waals surface area contributed by atoms with Gasteiger partial charge in [-0.3, -0.25) is 0 Å². The van der Waals surface area contributed by atoms with Crippen LogP contribution in [-0.4, -0.2) is 61.9 Å². The highest BCUT2D eigenvalue weighted by atomic mass is 16.5. The summed E-state index contributed by atoms with van der Waals surface area (Å²) in [6.07, 6.45) is 4.48. The van der Waals surface area contributed by atoms with Crippen LogP contribution >= 0.6 is 0 Å². The van der Waals surface area contributed by atoms with Crippen molar-refractivity contribution in [2.24, 2.45) is 5.92 Å². The molecule has 5 nitrogen and oxygen atoms in total. The van der Waals surface area contributed by atoms with Gasteiger partial charge in [-0.1, -0.05) is 19.8 Å². The fourth-order valence-corrected chi connectivity index (χ4v) is 2.52. The lowest BCUT2D eigenvalue weighted by Crippen LogP contribution is -2.42. The molecule has 1 aliphatic rings. The number of hydrogen-bond donors (Lipinski definition) is 3. The van der Waals surface area contributed by atoms with Gasteiger partial charge in [-0.25, -0.2) is 0 Å². The van der Waals surface area contributed by atoms with Crippen molar-refractivity contribution in [3.8, 4) is 0 Å². The Balaban J connectivity index is 2.11. The van der Waals surface area contributed by atoms with Gasteiger partial charge >= 0.3 is 0 Å². The third-order valence-corrected chi connectivity index (χ3v) is 3.64. The van der Waals surface area contributed by atoms with Crippen LogP contribution in [0.4, 0.5) is 0 Å². The maximum absolute atomic E-state index is 9.85. The molecule has 0 spiro atoms. The molecule has 0 heterocycles. The molecule has 1 aliphatic carbocycles. The van der Waals surface area contributed by atoms with Gasteiger partial charge in [0.1, 0.15) is 0 Å². The summed E-state index contributed by atoms with van der Waals surface area (Å²) >= 11 is 0. The summed E-state index contributed by atoms with van der Waals surface area (Å²) in [7, 11) is 1.59. The number of aliphatic hydroxyl groups excluding tert-OH is 2. The molecule has 1 rings (SSSR count). The molecule has 114 valence electrons. The van der Waals surface area contributed by atoms with Gasteiger partial charge < -0.3 is 25.0 Å². The lowest BCUT2D eigenvalue weighted by molar-refractivity contribution is -0.0322. The van der Waals surface area contributed by atoms with Gasteiger partial charge in [0.15, 0.2) is 0 Å². The molecule has 0 amide bonds. The lowest BCUT2D eigenvalue weighted by Gasteiger charge is -2.28. The largest absolute Gasteiger partial charge is 0.395 e. The molecule has 19 heavy (non-hydrogen) atoms. The first-order valence-corrected chi connectivity index (χ1v) is 7.28. The summed E-state index contributed by atoms with van der Waals surface area (Å²) in [6.45, 7) is 3.46. The van der Waals surface area contributed by atoms with Gasteiger partial charge in [0.25, 0.3) is 0 Å². The summed E-state index contributed by atoms with van der Waals surface area (Å²) in [5.41, 5.74) is 0. The van der Waals surface area contributed by atoms with Crippen LogP contribution in [0.3, 0.4) is 0 Å². The Morgan fingerprint density at radius 3 is 2.74 bits per heavy atom. The zero-order valence-corrected chi connectivity index (χ0v) is 12.2. The number of ether oxygens (including phenoxy) is 2. The van der Waals surface area contributed by atoms with Crippen LogP contribution in [0, 0.1) is 5.92 Å². The van der Waals surface area contributed by atoms with Gasteiger partial charge in [0.05, 0.1) is 38.1 Å². The fraction of sp³-hybridized carbons (Fsp3) is 1.00. The third-order valence-electron chi connectivity index (χ3n) is 3.64. The first-order chi connectivity index (χ1) is 9.15. The molecular formula is C14H29NO4. The minimum absolute atomic E-state index is 0.00154. The van der Waals surface area contributed by atoms with Crippen molar-refractivity contribution < 1.29 is 19.7 Å². The smallest absolute Gasteiger partial charge is 0.0897 e. The van der Waals surface area contributed by atoms with Crippen LogP contribution in [0.2, 0.25) is 0 Å². The van der Waals surface area contributed by atoms with Crippen molar-refractivity contribution in [1.82, 2.24) is 5.32 Å². The Morgan fingerprint density at radius 2 is 2.11 bits per heavy atom. The zero-order chi connectivity index (χ0) is 14.1. The van der Waals surface area contributed by atoms with E-state index in [0.717, 1.165) is 18.8 Å². The molecule has 0 bridgehead atoms. The molecule has 0 aromatic rings. The second-order valence-corrected chi connectivity index (χ2v) is 5.62. The molecular weight excluding hydrogens is 246 g/mol. The van der Waals surface area contributed by atoms with Crippen LogP contribution in [0.25, 0.3) is 0 Å². The SMILES string of the molecule is COCC(CO)NCC(O)COC1CCCC(C)C1. The van der Waals surface area contributed by atoms with Crippen molar-refractivity contribution in [2.75, 3.05) is 33.5 Å². The molecule has 5 heteroatoms. The summed E-state index contributed by atoms with van der Waals surface area (Å²) in [6, 6.07) is -0.130. The summed E-state index contributed by atoms with van der Waals surface area (Å²) in [5, 5.41) is 22.0. The molecule has 1 saturated carbocycles. The molecule has 0 radical (unpaired) electrons. The molecule has 0 aliphatic heterocycles. The average molecular weight is 275 g/mol. The van der Waals surface area contributed by atoms with E-state index in [1.807, 2.05) is 0 Å². The van der Waals surface area contributed by atoms with E-state index in [2.05, 4.69) is 12.2 Å². The topological polar surface area (TPSA) is 71.0 Å². The number of rotatable bonds is 9. The van der Waals surface area contributed by atoms with Gasteiger partial charge in [0, 0.05) is 13.7 Å². The normalized spacial score (nSPS) is 27.2. The van der Waals surface area contributed by atoms with Gasteiger partial charge in [-0.2, -0.15) is 0 Å². The van der Waals surface area contributed by atoms with Crippen LogP contribution in [0.1, 0.15) is 32.6 Å². The van der Waals surface area contributed by atoms with E-state index in [1.165, 1.54) is 12.8 Å². The third kappa shape index (κ3) is 7.22. The molecule has 0 aromatic heterocycles. The monoisotopic (exact) mass is 275 g/mol. The van der Waals surface area contributed by atoms with Gasteiger partial charge in [0.2, 0.25) is 0 Å². The van der Waals surface area contributed by atoms with E-state index in [9.17, 15) is 5.11 Å². The van der Waals surface area contributed by atoms with Gasteiger partial charge in [-0.05, 0) is 18.8 Å². The van der Waals surface area contributed by atoms with Crippen LogP contribution < -0.4 is 5.32 Å². The molecule has 0 saturated heterocycles. The summed E-state index contributed by atoms with van der Waals surface area (Å²) in [4.78, 5) is 0. The summed E-state index contributed by atoms with van der Waals surface area (Å²) in [5.74, 6) is 0.731. The Kier molecular flexibility index (Phi) is 8.57. The van der Waals surface area contributed by atoms with E-state index in [0.29, 0.717) is 25.9 Å². The fourth-order valence-electron chi connectivity index (χ4n) is 2.52. The molecule has 1 fully saturated rings. The highest BCUT2D eigenvalue weighted by Gasteiger charge is 2.20. The molecule has 0 aromatic carbocycles. The van der Waals surface area contributed by atoms with Crippen LogP contribution in [-0.2, 0) is 9.47 Å². The van der Waals surface area contributed by atoms with E-state index in [4.69, 9.17) is 14.6 Å². The quantitative estimate of drug-likeness (QED) is 0.573. The van der Waals surface area contributed by atoms with E-state index in [-0.39, 0.29) is 12.6 Å². The predicted molar refractivity (Wildman–Crippen MR) is 74.1 cm³/mol. The van der Waals surface area contributed by atoms with Crippen LogP contribution in [0.5, 0.6) is 0 Å². The van der Waals surface area contributed by atoms with E-state index < -0.39 is 6.10 Å². The van der Waals surface area contributed by atoms with Crippen LogP contribution in [0.15, 0.2) is 0 Å². The highest BCUT2D eigenvalue weighted by molar-refractivity contribution is 4.72. The zero-order valence-electron chi connectivity index (χ0n) is 12.2. The standard InChI is InChI=1S/C14H29NO4/c1-11-4-3-5-14(6-11)19-10-13(17)7-15-12(8-16)9-18-2/h11-17H,3-10H2,1-2H3. The molecule has 4 unspecified atom stereocenters. The lowest BCUT2D eigenvalue weighted by atomic mass is 9.89. The second kappa shape index (κ2) is 9.66. The Labute approximate surface area is 116 Å².